The van der Waals surface area contributed by atoms with E-state index in [0.717, 1.165) is 36.5 Å². The fraction of sp³-hybridized carbons (Fsp3) is 0.240. The number of ether oxygens (including phenoxy) is 1. The van der Waals surface area contributed by atoms with Gasteiger partial charge >= 0.3 is 0 Å². The van der Waals surface area contributed by atoms with Gasteiger partial charge in [0.2, 0.25) is 0 Å². The van der Waals surface area contributed by atoms with Gasteiger partial charge in [0.25, 0.3) is 5.91 Å². The maximum Gasteiger partial charge on any atom is 0.251 e. The summed E-state index contributed by atoms with van der Waals surface area (Å²) in [7, 11) is 0. The Morgan fingerprint density at radius 1 is 1.07 bits per heavy atom. The van der Waals surface area contributed by atoms with Crippen molar-refractivity contribution in [3.05, 3.63) is 100 Å². The van der Waals surface area contributed by atoms with Crippen LogP contribution in [-0.2, 0) is 19.6 Å². The van der Waals surface area contributed by atoms with Gasteiger partial charge in [-0.05, 0) is 48.4 Å². The first-order valence-electron chi connectivity index (χ1n) is 10.1. The second-order valence-electron chi connectivity index (χ2n) is 7.68. The number of nitrogens with one attached hydrogen (secondary N) is 1. The predicted octanol–water partition coefficient (Wildman–Crippen LogP) is 4.46. The molecular weight excluding hydrogens is 379 g/mol. The lowest BCUT2D eigenvalue weighted by Gasteiger charge is -2.19. The molecule has 0 spiro atoms. The highest BCUT2D eigenvalue weighted by atomic mass is 19.1. The van der Waals surface area contributed by atoms with Crippen molar-refractivity contribution in [1.29, 1.82) is 0 Å². The highest BCUT2D eigenvalue weighted by Crippen LogP contribution is 2.25. The van der Waals surface area contributed by atoms with Crippen LogP contribution in [0.3, 0.4) is 0 Å². The average molecular weight is 404 g/mol. The van der Waals surface area contributed by atoms with Gasteiger partial charge in [0.1, 0.15) is 18.2 Å². The fourth-order valence-electron chi connectivity index (χ4n) is 3.68. The van der Waals surface area contributed by atoms with Crippen LogP contribution in [0, 0.1) is 12.7 Å². The van der Waals surface area contributed by atoms with Crippen LogP contribution in [0.15, 0.2) is 66.7 Å². The van der Waals surface area contributed by atoms with E-state index in [2.05, 4.69) is 41.4 Å². The zero-order chi connectivity index (χ0) is 20.9. The van der Waals surface area contributed by atoms with Gasteiger partial charge < -0.3 is 10.1 Å². The molecule has 1 N–H and O–H groups in total. The average Bonchev–Trinajstić information content (AvgIpc) is 2.94. The first-order chi connectivity index (χ1) is 14.6. The molecule has 0 radical (unpaired) electrons. The summed E-state index contributed by atoms with van der Waals surface area (Å²) in [6, 6.07) is 20.2. The molecule has 0 atom stereocenters. The minimum absolute atomic E-state index is 0.156. The minimum Gasteiger partial charge on any atom is -0.492 e. The van der Waals surface area contributed by atoms with Gasteiger partial charge in [-0.15, -0.1) is 0 Å². The van der Waals surface area contributed by atoms with E-state index in [1.807, 2.05) is 12.1 Å². The van der Waals surface area contributed by atoms with Crippen LogP contribution in [0.2, 0.25) is 0 Å². The Bertz CT molecular complexity index is 1030. The lowest BCUT2D eigenvalue weighted by Crippen LogP contribution is -2.25. The van der Waals surface area contributed by atoms with E-state index in [9.17, 15) is 9.18 Å². The Hall–Kier alpha value is -3.18. The first-order valence-corrected chi connectivity index (χ1v) is 10.1. The number of carbonyl (C=O) groups is 1. The highest BCUT2D eigenvalue weighted by molar-refractivity contribution is 5.94. The molecule has 30 heavy (non-hydrogen) atoms. The molecule has 154 valence electrons. The minimum atomic E-state index is -0.286. The zero-order valence-corrected chi connectivity index (χ0v) is 17.0. The summed E-state index contributed by atoms with van der Waals surface area (Å²) in [5.74, 6) is 0.388. The smallest absolute Gasteiger partial charge is 0.251 e. The summed E-state index contributed by atoms with van der Waals surface area (Å²) in [4.78, 5) is 15.0. The maximum absolute atomic E-state index is 13.0. The van der Waals surface area contributed by atoms with E-state index >= 15 is 0 Å². The number of rotatable bonds is 5. The van der Waals surface area contributed by atoms with Crippen molar-refractivity contribution in [1.82, 2.24) is 10.2 Å². The number of benzene rings is 3. The Morgan fingerprint density at radius 2 is 1.90 bits per heavy atom. The number of carbonyl (C=O) groups excluding carboxylic acids is 1. The molecule has 0 aromatic heterocycles. The topological polar surface area (TPSA) is 41.6 Å². The number of amides is 1. The third kappa shape index (κ3) is 5.05. The normalized spacial score (nSPS) is 13.8. The number of nitrogens with zero attached hydrogens (tertiary/aromatic N) is 1. The van der Waals surface area contributed by atoms with E-state index < -0.39 is 0 Å². The van der Waals surface area contributed by atoms with Crippen molar-refractivity contribution in [3.8, 4) is 5.75 Å². The van der Waals surface area contributed by atoms with Crippen molar-refractivity contribution in [2.24, 2.45) is 0 Å². The van der Waals surface area contributed by atoms with Crippen molar-refractivity contribution in [2.45, 2.75) is 26.6 Å². The number of halogens is 1. The molecule has 1 heterocycles. The lowest BCUT2D eigenvalue weighted by molar-refractivity contribution is 0.0950. The third-order valence-corrected chi connectivity index (χ3v) is 5.24. The van der Waals surface area contributed by atoms with Crippen LogP contribution in [0.25, 0.3) is 0 Å². The molecule has 1 aliphatic heterocycles. The molecule has 4 nitrogen and oxygen atoms in total. The molecule has 4 rings (SSSR count). The summed E-state index contributed by atoms with van der Waals surface area (Å²) in [6.07, 6.45) is 0. The molecule has 5 heteroatoms. The number of hydrogen-bond acceptors (Lipinski definition) is 3. The van der Waals surface area contributed by atoms with Gasteiger partial charge in [-0.3, -0.25) is 9.69 Å². The van der Waals surface area contributed by atoms with Gasteiger partial charge in [0.05, 0.1) is 0 Å². The molecule has 3 aromatic carbocycles. The number of aryl methyl sites for hydroxylation is 1. The largest absolute Gasteiger partial charge is 0.492 e. The quantitative estimate of drug-likeness (QED) is 0.683. The van der Waals surface area contributed by atoms with E-state index in [1.54, 1.807) is 18.2 Å². The van der Waals surface area contributed by atoms with Gasteiger partial charge in [-0.2, -0.15) is 0 Å². The second kappa shape index (κ2) is 9.09. The van der Waals surface area contributed by atoms with Gasteiger partial charge in [-0.1, -0.05) is 42.0 Å². The van der Waals surface area contributed by atoms with Crippen molar-refractivity contribution >= 4 is 5.91 Å². The number of hydrogen-bond donors (Lipinski definition) is 1. The molecular formula is C25H25FN2O2. The lowest BCUT2D eigenvalue weighted by atomic mass is 10.1. The van der Waals surface area contributed by atoms with Crippen LogP contribution in [0.1, 0.15) is 32.6 Å². The summed E-state index contributed by atoms with van der Waals surface area (Å²) in [6.45, 7) is 5.46. The van der Waals surface area contributed by atoms with Gasteiger partial charge in [0.15, 0.2) is 0 Å². The predicted molar refractivity (Wildman–Crippen MR) is 115 cm³/mol. The van der Waals surface area contributed by atoms with Gasteiger partial charge in [-0.25, -0.2) is 4.39 Å². The van der Waals surface area contributed by atoms with Gasteiger partial charge in [0, 0.05) is 37.3 Å². The fourth-order valence-corrected chi connectivity index (χ4v) is 3.68. The monoisotopic (exact) mass is 404 g/mol. The molecule has 0 aliphatic carbocycles. The molecule has 1 aliphatic rings. The van der Waals surface area contributed by atoms with Crippen molar-refractivity contribution in [2.75, 3.05) is 13.2 Å². The molecule has 0 unspecified atom stereocenters. The van der Waals surface area contributed by atoms with Crippen LogP contribution in [0.5, 0.6) is 5.75 Å². The molecule has 3 aromatic rings. The maximum atomic E-state index is 13.0. The van der Waals surface area contributed by atoms with Crippen molar-refractivity contribution in [3.63, 3.8) is 0 Å². The van der Waals surface area contributed by atoms with Crippen molar-refractivity contribution < 1.29 is 13.9 Å². The van der Waals surface area contributed by atoms with Crippen LogP contribution < -0.4 is 10.1 Å². The Kier molecular flexibility index (Phi) is 6.10. The van der Waals surface area contributed by atoms with E-state index in [1.165, 1.54) is 23.3 Å². The summed E-state index contributed by atoms with van der Waals surface area (Å²) in [5, 5.41) is 2.90. The third-order valence-electron chi connectivity index (χ3n) is 5.24. The van der Waals surface area contributed by atoms with Crippen LogP contribution in [-0.4, -0.2) is 24.0 Å². The molecule has 1 amide bonds. The van der Waals surface area contributed by atoms with Crippen LogP contribution >= 0.6 is 0 Å². The first kappa shape index (κ1) is 20.1. The highest BCUT2D eigenvalue weighted by Gasteiger charge is 2.18. The van der Waals surface area contributed by atoms with E-state index in [4.69, 9.17) is 4.74 Å². The molecule has 0 saturated heterocycles. The summed E-state index contributed by atoms with van der Waals surface area (Å²) in [5.41, 5.74) is 4.98. The standard InChI is InChI=1S/C25H25FN2O2/c1-18-3-2-4-20(13-18)16-28-11-12-30-24-10-7-21(14-22(24)17-28)25(29)27-15-19-5-8-23(26)9-6-19/h2-10,13-14H,11-12,15-17H2,1H3,(H,27,29). The molecule has 0 saturated carbocycles. The van der Waals surface area contributed by atoms with E-state index in [0.29, 0.717) is 18.7 Å². The summed E-state index contributed by atoms with van der Waals surface area (Å²) >= 11 is 0. The zero-order valence-electron chi connectivity index (χ0n) is 17.0. The second-order valence-corrected chi connectivity index (χ2v) is 7.68. The Balaban J connectivity index is 1.44. The summed E-state index contributed by atoms with van der Waals surface area (Å²) < 4.78 is 18.9. The molecule has 0 bridgehead atoms. The van der Waals surface area contributed by atoms with E-state index in [-0.39, 0.29) is 11.7 Å². The SMILES string of the molecule is Cc1cccc(CN2CCOc3ccc(C(=O)NCc4ccc(F)cc4)cc3C2)c1. The Morgan fingerprint density at radius 3 is 2.70 bits per heavy atom. The Labute approximate surface area is 176 Å². The van der Waals surface area contributed by atoms with Crippen LogP contribution in [0.4, 0.5) is 4.39 Å². The number of fused-ring (bicyclic) bond motifs is 1. The molecule has 0 fully saturated rings.